The number of imide groups is 1. The first-order valence-corrected chi connectivity index (χ1v) is 10.0. The zero-order valence-corrected chi connectivity index (χ0v) is 16.6. The molecule has 3 amide bonds. The lowest BCUT2D eigenvalue weighted by atomic mass is 9.73. The number of nitrogens with zero attached hydrogens (tertiary/aromatic N) is 1. The molecule has 0 radical (unpaired) electrons. The normalized spacial score (nSPS) is 18.4. The molecule has 1 aromatic carbocycles. The average molecular weight is 398 g/mol. The molecule has 0 unspecified atom stereocenters. The highest BCUT2D eigenvalue weighted by Crippen LogP contribution is 2.45. The summed E-state index contributed by atoms with van der Waals surface area (Å²) in [5, 5.41) is 2.71. The van der Waals surface area contributed by atoms with Crippen LogP contribution in [0.25, 0.3) is 6.08 Å². The summed E-state index contributed by atoms with van der Waals surface area (Å²) in [6.45, 7) is 1.79. The summed E-state index contributed by atoms with van der Waals surface area (Å²) in [4.78, 5) is 49.9. The fraction of sp³-hybridized carbons (Fsp3) is 0.455. The molecule has 1 saturated carbocycles. The molecule has 7 heteroatoms. The third-order valence-electron chi connectivity index (χ3n) is 5.49. The van der Waals surface area contributed by atoms with Gasteiger partial charge in [-0.2, -0.15) is 0 Å². The average Bonchev–Trinajstić information content (AvgIpc) is 2.92. The van der Waals surface area contributed by atoms with Gasteiger partial charge >= 0.3 is 5.97 Å². The van der Waals surface area contributed by atoms with E-state index >= 15 is 0 Å². The minimum atomic E-state index is -0.581. The van der Waals surface area contributed by atoms with Crippen LogP contribution in [-0.4, -0.2) is 41.7 Å². The van der Waals surface area contributed by atoms with Crippen LogP contribution in [0.5, 0.6) is 0 Å². The highest BCUT2D eigenvalue weighted by molar-refractivity contribution is 6.09. The van der Waals surface area contributed by atoms with Crippen molar-refractivity contribution < 1.29 is 23.9 Å². The van der Waals surface area contributed by atoms with Crippen molar-refractivity contribution in [3.8, 4) is 0 Å². The van der Waals surface area contributed by atoms with Gasteiger partial charge in [-0.05, 0) is 43.5 Å². The first kappa shape index (κ1) is 20.8. The summed E-state index contributed by atoms with van der Waals surface area (Å²) in [5.41, 5.74) is 0.748. The van der Waals surface area contributed by atoms with E-state index in [4.69, 9.17) is 4.74 Å². The highest BCUT2D eigenvalue weighted by Gasteiger charge is 2.51. The number of esters is 1. The molecule has 0 atom stereocenters. The molecular formula is C22H26N2O5. The lowest BCUT2D eigenvalue weighted by Gasteiger charge is -2.30. The minimum absolute atomic E-state index is 0.197. The molecule has 1 N–H and O–H groups in total. The maximum atomic E-state index is 12.8. The molecule has 0 bridgehead atoms. The van der Waals surface area contributed by atoms with Crippen molar-refractivity contribution >= 4 is 35.5 Å². The van der Waals surface area contributed by atoms with E-state index in [1.165, 1.54) is 6.08 Å². The first-order chi connectivity index (χ1) is 13.9. The fourth-order valence-corrected chi connectivity index (χ4v) is 4.02. The van der Waals surface area contributed by atoms with Crippen molar-refractivity contribution in [2.24, 2.45) is 5.41 Å². The van der Waals surface area contributed by atoms with Crippen LogP contribution in [0.4, 0.5) is 5.69 Å². The Morgan fingerprint density at radius 1 is 1.14 bits per heavy atom. The van der Waals surface area contributed by atoms with Gasteiger partial charge < -0.3 is 10.1 Å². The summed E-state index contributed by atoms with van der Waals surface area (Å²) >= 11 is 0. The second-order valence-electron chi connectivity index (χ2n) is 7.56. The second kappa shape index (κ2) is 9.03. The topological polar surface area (TPSA) is 92.8 Å². The Balaban J connectivity index is 1.56. The van der Waals surface area contributed by atoms with Crippen LogP contribution < -0.4 is 5.32 Å². The van der Waals surface area contributed by atoms with Gasteiger partial charge in [0, 0.05) is 18.2 Å². The smallest absolute Gasteiger partial charge is 0.330 e. The van der Waals surface area contributed by atoms with E-state index in [0.29, 0.717) is 12.3 Å². The van der Waals surface area contributed by atoms with E-state index in [9.17, 15) is 19.2 Å². The molecule has 1 aliphatic heterocycles. The molecular weight excluding hydrogens is 372 g/mol. The Morgan fingerprint density at radius 3 is 2.48 bits per heavy atom. The van der Waals surface area contributed by atoms with Gasteiger partial charge in [0.05, 0.1) is 12.0 Å². The predicted molar refractivity (Wildman–Crippen MR) is 108 cm³/mol. The van der Waals surface area contributed by atoms with Gasteiger partial charge in [-0.15, -0.1) is 0 Å². The zero-order chi connectivity index (χ0) is 20.9. The van der Waals surface area contributed by atoms with Crippen LogP contribution in [0, 0.1) is 5.41 Å². The number of carbonyl (C=O) groups excluding carboxylic acids is 4. The van der Waals surface area contributed by atoms with Gasteiger partial charge in [-0.25, -0.2) is 4.79 Å². The molecule has 2 fully saturated rings. The molecule has 1 aliphatic carbocycles. The van der Waals surface area contributed by atoms with Gasteiger partial charge in [0.1, 0.15) is 6.54 Å². The van der Waals surface area contributed by atoms with E-state index < -0.39 is 17.3 Å². The van der Waals surface area contributed by atoms with Crippen LogP contribution >= 0.6 is 0 Å². The van der Waals surface area contributed by atoms with Crippen LogP contribution in [0.15, 0.2) is 30.3 Å². The molecule has 0 aromatic heterocycles. The third kappa shape index (κ3) is 4.91. The number of hydrogen-bond acceptors (Lipinski definition) is 5. The maximum absolute atomic E-state index is 12.8. The number of amides is 3. The van der Waals surface area contributed by atoms with Crippen molar-refractivity contribution in [1.82, 2.24) is 4.90 Å². The van der Waals surface area contributed by atoms with E-state index in [1.54, 1.807) is 37.3 Å². The Kier molecular flexibility index (Phi) is 6.46. The Labute approximate surface area is 170 Å². The lowest BCUT2D eigenvalue weighted by Crippen LogP contribution is -2.41. The highest BCUT2D eigenvalue weighted by atomic mass is 16.5. The molecule has 29 heavy (non-hydrogen) atoms. The largest absolute Gasteiger partial charge is 0.463 e. The first-order valence-electron chi connectivity index (χ1n) is 10.0. The predicted octanol–water partition coefficient (Wildman–Crippen LogP) is 2.91. The fourth-order valence-electron chi connectivity index (χ4n) is 4.02. The molecule has 2 aliphatic rings. The van der Waals surface area contributed by atoms with Crippen LogP contribution in [0.2, 0.25) is 0 Å². The van der Waals surface area contributed by atoms with E-state index in [-0.39, 0.29) is 24.8 Å². The Bertz CT molecular complexity index is 822. The number of hydrogen-bond donors (Lipinski definition) is 1. The summed E-state index contributed by atoms with van der Waals surface area (Å²) < 4.78 is 4.82. The van der Waals surface area contributed by atoms with Crippen LogP contribution in [-0.2, 0) is 23.9 Å². The Hall–Kier alpha value is -2.96. The van der Waals surface area contributed by atoms with E-state index in [2.05, 4.69) is 5.32 Å². The third-order valence-corrected chi connectivity index (χ3v) is 5.49. The van der Waals surface area contributed by atoms with Crippen molar-refractivity contribution in [1.29, 1.82) is 0 Å². The van der Waals surface area contributed by atoms with Crippen molar-refractivity contribution in [2.75, 3.05) is 18.5 Å². The van der Waals surface area contributed by atoms with Crippen molar-refractivity contribution in [3.05, 3.63) is 35.9 Å². The number of anilines is 1. The number of likely N-dealkylation sites (tertiary alicyclic amines) is 1. The van der Waals surface area contributed by atoms with Crippen LogP contribution in [0.3, 0.4) is 0 Å². The molecule has 1 spiro atoms. The summed E-state index contributed by atoms with van der Waals surface area (Å²) in [6.07, 6.45) is 7.64. The molecule has 1 aromatic rings. The molecule has 154 valence electrons. The van der Waals surface area contributed by atoms with E-state index in [0.717, 1.165) is 42.6 Å². The minimum Gasteiger partial charge on any atom is -0.463 e. The second-order valence-corrected chi connectivity index (χ2v) is 7.56. The molecule has 1 saturated heterocycles. The summed E-state index contributed by atoms with van der Waals surface area (Å²) in [6, 6.07) is 6.88. The maximum Gasteiger partial charge on any atom is 0.330 e. The van der Waals surface area contributed by atoms with Crippen molar-refractivity contribution in [2.45, 2.75) is 45.4 Å². The van der Waals surface area contributed by atoms with E-state index in [1.807, 2.05) is 0 Å². The van der Waals surface area contributed by atoms with Crippen molar-refractivity contribution in [3.63, 3.8) is 0 Å². The quantitative estimate of drug-likeness (QED) is 0.452. The zero-order valence-electron chi connectivity index (χ0n) is 16.6. The number of ether oxygens (including phenoxy) is 1. The van der Waals surface area contributed by atoms with Gasteiger partial charge in [-0.3, -0.25) is 19.3 Å². The standard InChI is InChI=1S/C22H26N2O5/c1-2-29-20(27)11-8-16-6-9-17(10-7-16)23-18(25)15-24-19(26)14-22(21(24)28)12-4-3-5-13-22/h6-11H,2-5,12-15H2,1H3,(H,23,25)/b11-8+. The molecule has 1 heterocycles. The number of rotatable bonds is 6. The monoisotopic (exact) mass is 398 g/mol. The van der Waals surface area contributed by atoms with Gasteiger partial charge in [-0.1, -0.05) is 31.4 Å². The molecule has 3 rings (SSSR count). The lowest BCUT2D eigenvalue weighted by molar-refractivity contribution is -0.144. The van der Waals surface area contributed by atoms with Crippen LogP contribution in [0.1, 0.15) is 51.0 Å². The molecule has 7 nitrogen and oxygen atoms in total. The Morgan fingerprint density at radius 2 is 1.83 bits per heavy atom. The van der Waals surface area contributed by atoms with Gasteiger partial charge in [0.15, 0.2) is 0 Å². The summed E-state index contributed by atoms with van der Waals surface area (Å²) in [7, 11) is 0. The number of carbonyl (C=O) groups is 4. The van der Waals surface area contributed by atoms with Gasteiger partial charge in [0.2, 0.25) is 17.7 Å². The number of nitrogens with one attached hydrogen (secondary N) is 1. The summed E-state index contributed by atoms with van der Waals surface area (Å²) in [5.74, 6) is -1.28. The SMILES string of the molecule is CCOC(=O)/C=C/c1ccc(NC(=O)CN2C(=O)CC3(CCCCC3)C2=O)cc1. The number of benzene rings is 1. The van der Waals surface area contributed by atoms with Gasteiger partial charge in [0.25, 0.3) is 0 Å².